The van der Waals surface area contributed by atoms with Crippen molar-refractivity contribution in [2.75, 3.05) is 5.32 Å². The molecule has 30 heavy (non-hydrogen) atoms. The second-order valence-corrected chi connectivity index (χ2v) is 7.68. The lowest BCUT2D eigenvalue weighted by Crippen LogP contribution is -2.45. The predicted octanol–water partition coefficient (Wildman–Crippen LogP) is 2.31. The molecule has 10 heteroatoms. The van der Waals surface area contributed by atoms with Gasteiger partial charge in [-0.15, -0.1) is 0 Å². The van der Waals surface area contributed by atoms with Gasteiger partial charge in [-0.05, 0) is 43.9 Å². The number of hydrogen-bond acceptors (Lipinski definition) is 6. The number of anilines is 1. The summed E-state index contributed by atoms with van der Waals surface area (Å²) in [5.41, 5.74) is 1.00. The Bertz CT molecular complexity index is 1260. The average Bonchev–Trinajstić information content (AvgIpc) is 3.13. The summed E-state index contributed by atoms with van der Waals surface area (Å²) in [5.74, 6) is -0.103. The molecule has 0 unspecified atom stereocenters. The molecule has 0 aliphatic carbocycles. The predicted molar refractivity (Wildman–Crippen MR) is 111 cm³/mol. The topological polar surface area (TPSA) is 112 Å². The highest BCUT2D eigenvalue weighted by Gasteiger charge is 2.26. The molecule has 0 spiro atoms. The van der Waals surface area contributed by atoms with Crippen molar-refractivity contribution in [2.45, 2.75) is 46.2 Å². The lowest BCUT2D eigenvalue weighted by Gasteiger charge is -2.21. The van der Waals surface area contributed by atoms with Crippen molar-refractivity contribution in [3.63, 3.8) is 0 Å². The molecule has 1 aliphatic heterocycles. The number of benzene rings is 1. The quantitative estimate of drug-likeness (QED) is 0.681. The minimum Gasteiger partial charge on any atom is -0.339 e. The number of nitrogens with zero attached hydrogens (tertiary/aromatic N) is 4. The van der Waals surface area contributed by atoms with Crippen LogP contribution in [-0.2, 0) is 24.3 Å². The van der Waals surface area contributed by atoms with E-state index in [0.29, 0.717) is 35.3 Å². The van der Waals surface area contributed by atoms with Crippen LogP contribution in [0.25, 0.3) is 11.4 Å². The summed E-state index contributed by atoms with van der Waals surface area (Å²) in [6.45, 7) is 3.51. The monoisotopic (exact) mass is 429 g/mol. The van der Waals surface area contributed by atoms with Gasteiger partial charge in [0.15, 0.2) is 0 Å². The summed E-state index contributed by atoms with van der Waals surface area (Å²) < 4.78 is 7.46. The maximum atomic E-state index is 13.2. The summed E-state index contributed by atoms with van der Waals surface area (Å²) in [6, 6.07) is 5.19. The smallest absolute Gasteiger partial charge is 0.331 e. The zero-order chi connectivity index (χ0) is 21.4. The summed E-state index contributed by atoms with van der Waals surface area (Å²) in [4.78, 5) is 43.0. The molecule has 3 aromatic rings. The van der Waals surface area contributed by atoms with Crippen LogP contribution >= 0.6 is 11.6 Å². The molecule has 4 rings (SSSR count). The number of carbonyl (C=O) groups is 1. The second kappa shape index (κ2) is 7.91. The van der Waals surface area contributed by atoms with E-state index in [2.05, 4.69) is 15.5 Å². The van der Waals surface area contributed by atoms with Gasteiger partial charge in [0, 0.05) is 19.2 Å². The molecule has 1 N–H and O–H groups in total. The molecule has 156 valence electrons. The molecule has 2 aromatic heterocycles. The molecule has 3 heterocycles. The van der Waals surface area contributed by atoms with Gasteiger partial charge in [-0.3, -0.25) is 18.7 Å². The zero-order valence-electron chi connectivity index (χ0n) is 16.6. The molecule has 0 atom stereocenters. The molecule has 0 radical (unpaired) electrons. The van der Waals surface area contributed by atoms with Gasteiger partial charge in [-0.2, -0.15) is 4.98 Å². The molecule has 0 saturated heterocycles. The van der Waals surface area contributed by atoms with E-state index < -0.39 is 23.7 Å². The first-order chi connectivity index (χ1) is 14.3. The van der Waals surface area contributed by atoms with E-state index in [1.165, 1.54) is 4.57 Å². The van der Waals surface area contributed by atoms with E-state index in [1.54, 1.807) is 25.1 Å². The van der Waals surface area contributed by atoms with Gasteiger partial charge in [0.1, 0.15) is 12.1 Å². The van der Waals surface area contributed by atoms with Gasteiger partial charge in [0.25, 0.3) is 5.56 Å². The van der Waals surface area contributed by atoms with Crippen LogP contribution in [0.4, 0.5) is 5.69 Å². The standard InChI is InChI=1S/C20H20ClN5O4/c1-11-6-7-14(13(21)9-11)23-16(27)10-26-19(28)17(18-22-12(2)30-24-18)15-5-3-4-8-25(15)20(26)29/h6-7,9H,3-5,8,10H2,1-2H3,(H,23,27). The highest BCUT2D eigenvalue weighted by molar-refractivity contribution is 6.33. The number of carbonyl (C=O) groups excluding carboxylic acids is 1. The number of amides is 1. The number of nitrogens with one attached hydrogen (secondary N) is 1. The Morgan fingerprint density at radius 2 is 2.07 bits per heavy atom. The Kier molecular flexibility index (Phi) is 5.29. The van der Waals surface area contributed by atoms with E-state index in [4.69, 9.17) is 16.1 Å². The van der Waals surface area contributed by atoms with Crippen LogP contribution in [-0.4, -0.2) is 25.2 Å². The third-order valence-corrected chi connectivity index (χ3v) is 5.34. The van der Waals surface area contributed by atoms with E-state index in [1.807, 2.05) is 6.92 Å². The summed E-state index contributed by atoms with van der Waals surface area (Å²) in [6.07, 6.45) is 2.21. The van der Waals surface area contributed by atoms with Crippen molar-refractivity contribution in [3.8, 4) is 11.4 Å². The van der Waals surface area contributed by atoms with Crippen molar-refractivity contribution >= 4 is 23.2 Å². The van der Waals surface area contributed by atoms with Crippen LogP contribution in [0.1, 0.15) is 30.0 Å². The Labute approximate surface area is 176 Å². The lowest BCUT2D eigenvalue weighted by molar-refractivity contribution is -0.116. The Morgan fingerprint density at radius 3 is 2.77 bits per heavy atom. The number of rotatable bonds is 4. The van der Waals surface area contributed by atoms with Crippen LogP contribution in [0.2, 0.25) is 5.02 Å². The number of fused-ring (bicyclic) bond motifs is 1. The first kappa shape index (κ1) is 20.1. The van der Waals surface area contributed by atoms with Crippen LogP contribution in [0, 0.1) is 13.8 Å². The lowest BCUT2D eigenvalue weighted by atomic mass is 10.0. The SMILES string of the molecule is Cc1ccc(NC(=O)Cn2c(=O)c(-c3noc(C)n3)c3n(c2=O)CCCC3)c(Cl)c1. The first-order valence-electron chi connectivity index (χ1n) is 9.58. The maximum absolute atomic E-state index is 13.2. The van der Waals surface area contributed by atoms with Crippen molar-refractivity contribution < 1.29 is 9.32 Å². The minimum atomic E-state index is -0.612. The largest absolute Gasteiger partial charge is 0.339 e. The Hall–Kier alpha value is -3.20. The summed E-state index contributed by atoms with van der Waals surface area (Å²) in [5, 5.41) is 6.89. The molecule has 1 amide bonds. The average molecular weight is 430 g/mol. The molecular weight excluding hydrogens is 410 g/mol. The van der Waals surface area contributed by atoms with E-state index in [0.717, 1.165) is 23.0 Å². The van der Waals surface area contributed by atoms with Crippen LogP contribution in [0.15, 0.2) is 32.3 Å². The number of aromatic nitrogens is 4. The number of halogens is 1. The molecule has 1 aromatic carbocycles. The molecule has 0 saturated carbocycles. The molecule has 1 aliphatic rings. The van der Waals surface area contributed by atoms with Crippen LogP contribution in [0.5, 0.6) is 0 Å². The van der Waals surface area contributed by atoms with Gasteiger partial charge in [-0.1, -0.05) is 22.8 Å². The van der Waals surface area contributed by atoms with Crippen LogP contribution in [0.3, 0.4) is 0 Å². The number of hydrogen-bond donors (Lipinski definition) is 1. The minimum absolute atomic E-state index is 0.124. The fraction of sp³-hybridized carbons (Fsp3) is 0.350. The zero-order valence-corrected chi connectivity index (χ0v) is 17.3. The highest BCUT2D eigenvalue weighted by atomic mass is 35.5. The third-order valence-electron chi connectivity index (χ3n) is 5.03. The fourth-order valence-corrected chi connectivity index (χ4v) is 3.90. The summed E-state index contributed by atoms with van der Waals surface area (Å²) in [7, 11) is 0. The maximum Gasteiger partial charge on any atom is 0.331 e. The molecule has 0 bridgehead atoms. The van der Waals surface area contributed by atoms with Crippen molar-refractivity contribution in [3.05, 3.63) is 61.2 Å². The normalized spacial score (nSPS) is 13.2. The van der Waals surface area contributed by atoms with Gasteiger partial charge < -0.3 is 9.84 Å². The molecular formula is C20H20ClN5O4. The van der Waals surface area contributed by atoms with Crippen molar-refractivity contribution in [1.82, 2.24) is 19.3 Å². The van der Waals surface area contributed by atoms with E-state index in [-0.39, 0.29) is 11.4 Å². The van der Waals surface area contributed by atoms with Gasteiger partial charge in [0.2, 0.25) is 17.6 Å². The molecule has 0 fully saturated rings. The highest BCUT2D eigenvalue weighted by Crippen LogP contribution is 2.23. The third kappa shape index (κ3) is 3.68. The van der Waals surface area contributed by atoms with Crippen molar-refractivity contribution in [2.24, 2.45) is 0 Å². The van der Waals surface area contributed by atoms with E-state index in [9.17, 15) is 14.4 Å². The fourth-order valence-electron chi connectivity index (χ4n) is 3.61. The Balaban J connectivity index is 1.75. The second-order valence-electron chi connectivity index (χ2n) is 7.27. The van der Waals surface area contributed by atoms with Gasteiger partial charge in [-0.25, -0.2) is 4.79 Å². The molecule has 9 nitrogen and oxygen atoms in total. The Morgan fingerprint density at radius 1 is 1.27 bits per heavy atom. The van der Waals surface area contributed by atoms with E-state index >= 15 is 0 Å². The van der Waals surface area contributed by atoms with Crippen molar-refractivity contribution in [1.29, 1.82) is 0 Å². The van der Waals surface area contributed by atoms with Crippen LogP contribution < -0.4 is 16.6 Å². The van der Waals surface area contributed by atoms with Gasteiger partial charge >= 0.3 is 5.69 Å². The van der Waals surface area contributed by atoms with Gasteiger partial charge in [0.05, 0.1) is 10.7 Å². The summed E-state index contributed by atoms with van der Waals surface area (Å²) >= 11 is 6.17. The number of aryl methyl sites for hydroxylation is 2. The first-order valence-corrected chi connectivity index (χ1v) is 9.96.